The van der Waals surface area contributed by atoms with E-state index >= 15 is 0 Å². The summed E-state index contributed by atoms with van der Waals surface area (Å²) in [5.41, 5.74) is 0.845. The van der Waals surface area contributed by atoms with Crippen LogP contribution in [0.25, 0.3) is 0 Å². The molecule has 1 aromatic carbocycles. The average Bonchev–Trinajstić information content (AvgIpc) is 2.50. The van der Waals surface area contributed by atoms with Crippen molar-refractivity contribution in [3.05, 3.63) is 35.9 Å². The summed E-state index contributed by atoms with van der Waals surface area (Å²) in [5.74, 6) is 4.09. The second-order valence-electron chi connectivity index (χ2n) is 4.28. The van der Waals surface area contributed by atoms with Crippen LogP contribution in [0.15, 0.2) is 30.3 Å². The number of rotatable bonds is 7. The monoisotopic (exact) mass is 288 g/mol. The van der Waals surface area contributed by atoms with Crippen molar-refractivity contribution in [3.8, 4) is 11.8 Å². The molecule has 0 fully saturated rings. The van der Waals surface area contributed by atoms with Crippen LogP contribution in [0, 0.1) is 17.8 Å². The lowest BCUT2D eigenvalue weighted by Gasteiger charge is -2.11. The molecule has 0 saturated heterocycles. The van der Waals surface area contributed by atoms with Gasteiger partial charge in [-0.1, -0.05) is 30.0 Å². The Bertz CT molecular complexity index is 511. The van der Waals surface area contributed by atoms with Crippen LogP contribution in [0.2, 0.25) is 0 Å². The molecule has 0 spiro atoms. The highest BCUT2D eigenvalue weighted by atomic mass is 16.5. The first-order chi connectivity index (χ1) is 10.2. The summed E-state index contributed by atoms with van der Waals surface area (Å²) in [6, 6.07) is 9.40. The third-order valence-electron chi connectivity index (χ3n) is 2.72. The van der Waals surface area contributed by atoms with Gasteiger partial charge in [0.25, 0.3) is 0 Å². The lowest BCUT2D eigenvalue weighted by molar-refractivity contribution is -0.152. The molecular formula is C17H20O4. The van der Waals surface area contributed by atoms with Crippen LogP contribution < -0.4 is 0 Å². The zero-order valence-corrected chi connectivity index (χ0v) is 12.4. The molecule has 1 unspecified atom stereocenters. The quantitative estimate of drug-likeness (QED) is 0.438. The van der Waals surface area contributed by atoms with Gasteiger partial charge in [-0.2, -0.15) is 0 Å². The van der Waals surface area contributed by atoms with Gasteiger partial charge in [-0.3, -0.25) is 9.59 Å². The third-order valence-corrected chi connectivity index (χ3v) is 2.72. The zero-order valence-electron chi connectivity index (χ0n) is 12.4. The molecule has 0 bridgehead atoms. The molecule has 0 heterocycles. The molecule has 0 radical (unpaired) electrons. The van der Waals surface area contributed by atoms with E-state index in [4.69, 9.17) is 9.47 Å². The number of Topliss-reactive ketones (excluding diaryl/α,β-unsaturated/α-hetero) is 1. The highest BCUT2D eigenvalue weighted by molar-refractivity contribution is 5.99. The summed E-state index contributed by atoms with van der Waals surface area (Å²) >= 11 is 0. The first kappa shape index (κ1) is 16.9. The predicted octanol–water partition coefficient (Wildman–Crippen LogP) is 2.21. The van der Waals surface area contributed by atoms with Crippen LogP contribution in [0.3, 0.4) is 0 Å². The molecule has 0 aliphatic rings. The number of carbonyl (C=O) groups is 2. The Hall–Kier alpha value is -2.12. The third kappa shape index (κ3) is 6.24. The van der Waals surface area contributed by atoms with Gasteiger partial charge in [0, 0.05) is 18.6 Å². The van der Waals surface area contributed by atoms with Gasteiger partial charge in [0.2, 0.25) is 0 Å². The molecule has 1 aromatic rings. The minimum Gasteiger partial charge on any atom is -0.465 e. The van der Waals surface area contributed by atoms with Gasteiger partial charge in [-0.15, -0.1) is 0 Å². The Labute approximate surface area is 125 Å². The molecule has 112 valence electrons. The number of esters is 1. The van der Waals surface area contributed by atoms with Crippen molar-refractivity contribution >= 4 is 11.8 Å². The van der Waals surface area contributed by atoms with E-state index in [2.05, 4.69) is 11.8 Å². The zero-order chi connectivity index (χ0) is 15.5. The minimum absolute atomic E-state index is 0.0903. The van der Waals surface area contributed by atoms with Gasteiger partial charge < -0.3 is 9.47 Å². The smallest absolute Gasteiger partial charge is 0.317 e. The van der Waals surface area contributed by atoms with Crippen LogP contribution in [0.4, 0.5) is 0 Å². The van der Waals surface area contributed by atoms with Crippen molar-refractivity contribution < 1.29 is 19.1 Å². The van der Waals surface area contributed by atoms with Gasteiger partial charge >= 0.3 is 5.97 Å². The molecule has 4 heteroatoms. The van der Waals surface area contributed by atoms with Gasteiger partial charge in [-0.25, -0.2) is 0 Å². The van der Waals surface area contributed by atoms with Gasteiger partial charge in [0.05, 0.1) is 6.61 Å². The summed E-state index contributed by atoms with van der Waals surface area (Å²) in [6.45, 7) is 4.08. The van der Waals surface area contributed by atoms with E-state index in [1.807, 2.05) is 30.3 Å². The summed E-state index contributed by atoms with van der Waals surface area (Å²) < 4.78 is 9.99. The van der Waals surface area contributed by atoms with Crippen LogP contribution in [-0.4, -0.2) is 31.6 Å². The molecular weight excluding hydrogens is 268 g/mol. The summed E-state index contributed by atoms with van der Waals surface area (Å²) in [6.07, 6.45) is 0.139. The van der Waals surface area contributed by atoms with Crippen LogP contribution in [0.5, 0.6) is 0 Å². The molecule has 1 atom stereocenters. The van der Waals surface area contributed by atoms with Gasteiger partial charge in [-0.05, 0) is 26.0 Å². The lowest BCUT2D eigenvalue weighted by atomic mass is 10.0. The molecule has 0 N–H and O–H groups in total. The fourth-order valence-corrected chi connectivity index (χ4v) is 1.65. The Morgan fingerprint density at radius 2 is 1.86 bits per heavy atom. The maximum Gasteiger partial charge on any atom is 0.317 e. The lowest BCUT2D eigenvalue weighted by Crippen LogP contribution is -2.29. The number of hydrogen-bond donors (Lipinski definition) is 0. The summed E-state index contributed by atoms with van der Waals surface area (Å²) in [7, 11) is 0. The van der Waals surface area contributed by atoms with E-state index in [0.717, 1.165) is 5.56 Å². The second kappa shape index (κ2) is 9.73. The van der Waals surface area contributed by atoms with E-state index in [0.29, 0.717) is 6.61 Å². The van der Waals surface area contributed by atoms with Gasteiger partial charge in [0.1, 0.15) is 12.5 Å². The van der Waals surface area contributed by atoms with E-state index in [-0.39, 0.29) is 25.4 Å². The molecule has 0 aliphatic heterocycles. The Balaban J connectivity index is 2.71. The molecule has 21 heavy (non-hydrogen) atoms. The normalized spacial score (nSPS) is 11.1. The van der Waals surface area contributed by atoms with Crippen molar-refractivity contribution in [2.24, 2.45) is 5.92 Å². The maximum atomic E-state index is 12.0. The molecule has 4 nitrogen and oxygen atoms in total. The standard InChI is InChI=1S/C17H20O4/c1-3-20-13-16(18)15(17(19)21-4-2)12-8-11-14-9-6-5-7-10-14/h5-7,9-10,15H,3-4,12-13H2,1-2H3. The van der Waals surface area contributed by atoms with Gasteiger partial charge in [0.15, 0.2) is 5.78 Å². The molecule has 0 aliphatic carbocycles. The first-order valence-electron chi connectivity index (χ1n) is 7.00. The predicted molar refractivity (Wildman–Crippen MR) is 79.6 cm³/mol. The highest BCUT2D eigenvalue weighted by Gasteiger charge is 2.26. The number of carbonyl (C=O) groups excluding carboxylic acids is 2. The Kier molecular flexibility index (Phi) is 7.85. The van der Waals surface area contributed by atoms with Crippen LogP contribution in [-0.2, 0) is 19.1 Å². The number of ether oxygens (including phenoxy) is 2. The molecule has 0 amide bonds. The van der Waals surface area contributed by atoms with Crippen LogP contribution >= 0.6 is 0 Å². The van der Waals surface area contributed by atoms with Crippen molar-refractivity contribution in [3.63, 3.8) is 0 Å². The fraction of sp³-hybridized carbons (Fsp3) is 0.412. The summed E-state index contributed by atoms with van der Waals surface area (Å²) in [5, 5.41) is 0. The number of hydrogen-bond acceptors (Lipinski definition) is 4. The minimum atomic E-state index is -0.882. The van der Waals surface area contributed by atoms with Crippen molar-refractivity contribution in [1.82, 2.24) is 0 Å². The maximum absolute atomic E-state index is 12.0. The van der Waals surface area contributed by atoms with Crippen LogP contribution in [0.1, 0.15) is 25.8 Å². The molecule has 0 aromatic heterocycles. The first-order valence-corrected chi connectivity index (χ1v) is 7.00. The fourth-order valence-electron chi connectivity index (χ4n) is 1.65. The Morgan fingerprint density at radius 3 is 2.48 bits per heavy atom. The molecule has 1 rings (SSSR count). The van der Waals surface area contributed by atoms with E-state index in [9.17, 15) is 9.59 Å². The van der Waals surface area contributed by atoms with Crippen molar-refractivity contribution in [1.29, 1.82) is 0 Å². The second-order valence-corrected chi connectivity index (χ2v) is 4.28. The topological polar surface area (TPSA) is 52.6 Å². The van der Waals surface area contributed by atoms with E-state index < -0.39 is 11.9 Å². The van der Waals surface area contributed by atoms with E-state index in [1.165, 1.54) is 0 Å². The largest absolute Gasteiger partial charge is 0.465 e. The highest BCUT2D eigenvalue weighted by Crippen LogP contribution is 2.08. The molecule has 0 saturated carbocycles. The van der Waals surface area contributed by atoms with E-state index in [1.54, 1.807) is 13.8 Å². The average molecular weight is 288 g/mol. The van der Waals surface area contributed by atoms with Crippen molar-refractivity contribution in [2.45, 2.75) is 20.3 Å². The summed E-state index contributed by atoms with van der Waals surface area (Å²) in [4.78, 5) is 23.8. The van der Waals surface area contributed by atoms with Crippen molar-refractivity contribution in [2.75, 3.05) is 19.8 Å². The number of benzene rings is 1. The Morgan fingerprint density at radius 1 is 1.14 bits per heavy atom. The number of ketones is 1. The SMILES string of the molecule is CCOCC(=O)C(CC#Cc1ccccc1)C(=O)OCC.